The minimum Gasteiger partial charge on any atom is -0.462 e. The molecule has 5 heteroatoms. The molecule has 1 rings (SSSR count). The van der Waals surface area contributed by atoms with Crippen LogP contribution in [0.3, 0.4) is 0 Å². The van der Waals surface area contributed by atoms with E-state index >= 15 is 0 Å². The van der Waals surface area contributed by atoms with Crippen molar-refractivity contribution in [3.8, 4) is 0 Å². The van der Waals surface area contributed by atoms with E-state index in [1.54, 1.807) is 52.0 Å². The maximum Gasteiger partial charge on any atom is 0.338 e. The number of dihydropyridines is 1. The van der Waals surface area contributed by atoms with Crippen LogP contribution in [-0.2, 0) is 19.1 Å². The lowest BCUT2D eigenvalue weighted by Crippen LogP contribution is -2.44. The van der Waals surface area contributed by atoms with Crippen molar-refractivity contribution >= 4 is 18.2 Å². The number of nitrogens with zero attached hydrogens (tertiary/aromatic N) is 1. The largest absolute Gasteiger partial charge is 0.462 e. The third-order valence-corrected chi connectivity index (χ3v) is 3.54. The van der Waals surface area contributed by atoms with Gasteiger partial charge in [0.15, 0.2) is 5.54 Å². The molecule has 0 aromatic carbocycles. The molecule has 0 saturated carbocycles. The summed E-state index contributed by atoms with van der Waals surface area (Å²) in [5, 5.41) is 0. The lowest BCUT2D eigenvalue weighted by Gasteiger charge is -2.33. The Morgan fingerprint density at radius 1 is 1.00 bits per heavy atom. The van der Waals surface area contributed by atoms with Crippen LogP contribution in [0.25, 0.3) is 0 Å². The molecule has 2 atom stereocenters. The van der Waals surface area contributed by atoms with E-state index in [0.29, 0.717) is 6.42 Å². The van der Waals surface area contributed by atoms with Gasteiger partial charge in [-0.2, -0.15) is 0 Å². The van der Waals surface area contributed by atoms with Crippen LogP contribution in [0.4, 0.5) is 0 Å². The van der Waals surface area contributed by atoms with Crippen LogP contribution < -0.4 is 0 Å². The lowest BCUT2D eigenvalue weighted by atomic mass is 9.79. The second-order valence-corrected chi connectivity index (χ2v) is 6.45. The first-order valence-corrected chi connectivity index (χ1v) is 8.12. The van der Waals surface area contributed by atoms with Gasteiger partial charge in [0.1, 0.15) is 5.41 Å². The molecule has 0 spiro atoms. The minimum atomic E-state index is -1.19. The number of carbonyl (C=O) groups is 2. The van der Waals surface area contributed by atoms with Crippen LogP contribution in [0.15, 0.2) is 42.5 Å². The Morgan fingerprint density at radius 2 is 1.54 bits per heavy atom. The van der Waals surface area contributed by atoms with Crippen LogP contribution >= 0.6 is 0 Å². The number of rotatable bonds is 8. The SMILES string of the molecule is C=CC[C@@]1(C(=O)OC(C)C)C=C[C@](CC=C)(C(=O)OC(C)C)N=C1. The smallest absolute Gasteiger partial charge is 0.338 e. The zero-order valence-electron chi connectivity index (χ0n) is 15.0. The highest BCUT2D eigenvalue weighted by atomic mass is 16.5. The average molecular weight is 333 g/mol. The number of hydrogen-bond acceptors (Lipinski definition) is 5. The number of allylic oxidation sites excluding steroid dienone is 1. The first kappa shape index (κ1) is 19.9. The van der Waals surface area contributed by atoms with Gasteiger partial charge in [0, 0.05) is 12.6 Å². The van der Waals surface area contributed by atoms with E-state index in [-0.39, 0.29) is 18.6 Å². The molecular weight excluding hydrogens is 306 g/mol. The molecule has 1 heterocycles. The maximum atomic E-state index is 12.5. The molecule has 1 aliphatic rings. The average Bonchev–Trinajstić information content (AvgIpc) is 2.48. The normalized spacial score (nSPS) is 25.6. The van der Waals surface area contributed by atoms with Gasteiger partial charge in [0.05, 0.1) is 12.2 Å². The van der Waals surface area contributed by atoms with Crippen molar-refractivity contribution in [1.82, 2.24) is 0 Å². The van der Waals surface area contributed by atoms with E-state index in [0.717, 1.165) is 0 Å². The molecule has 0 fully saturated rings. The van der Waals surface area contributed by atoms with Crippen LogP contribution in [0, 0.1) is 5.41 Å². The Labute approximate surface area is 144 Å². The first-order chi connectivity index (χ1) is 11.2. The summed E-state index contributed by atoms with van der Waals surface area (Å²) in [5.41, 5.74) is -2.23. The van der Waals surface area contributed by atoms with Crippen LogP contribution in [0.2, 0.25) is 0 Å². The van der Waals surface area contributed by atoms with Crippen LogP contribution in [0.1, 0.15) is 40.5 Å². The lowest BCUT2D eigenvalue weighted by molar-refractivity contribution is -0.155. The zero-order chi connectivity index (χ0) is 18.4. The third-order valence-electron chi connectivity index (χ3n) is 3.54. The van der Waals surface area contributed by atoms with E-state index in [1.807, 2.05) is 0 Å². The summed E-state index contributed by atoms with van der Waals surface area (Å²) in [7, 11) is 0. The van der Waals surface area contributed by atoms with Crippen molar-refractivity contribution in [1.29, 1.82) is 0 Å². The van der Waals surface area contributed by atoms with E-state index < -0.39 is 22.9 Å². The summed E-state index contributed by atoms with van der Waals surface area (Å²) >= 11 is 0. The van der Waals surface area contributed by atoms with Crippen LogP contribution in [-0.4, -0.2) is 35.9 Å². The molecule has 132 valence electrons. The van der Waals surface area contributed by atoms with Gasteiger partial charge in [-0.3, -0.25) is 9.79 Å². The second-order valence-electron chi connectivity index (χ2n) is 6.45. The zero-order valence-corrected chi connectivity index (χ0v) is 15.0. The predicted octanol–water partition coefficient (Wildman–Crippen LogP) is 3.41. The van der Waals surface area contributed by atoms with Crippen molar-refractivity contribution in [2.45, 2.75) is 58.3 Å². The topological polar surface area (TPSA) is 65.0 Å². The van der Waals surface area contributed by atoms with Crippen molar-refractivity contribution in [3.63, 3.8) is 0 Å². The molecule has 0 aliphatic carbocycles. The quantitative estimate of drug-likeness (QED) is 0.504. The van der Waals surface area contributed by atoms with Crippen molar-refractivity contribution in [3.05, 3.63) is 37.5 Å². The van der Waals surface area contributed by atoms with Gasteiger partial charge >= 0.3 is 11.9 Å². The number of ether oxygens (including phenoxy) is 2. The molecule has 0 amide bonds. The molecule has 24 heavy (non-hydrogen) atoms. The Bertz CT molecular complexity index is 496. The Morgan fingerprint density at radius 3 is 1.96 bits per heavy atom. The van der Waals surface area contributed by atoms with Crippen molar-refractivity contribution in [2.24, 2.45) is 10.4 Å². The standard InChI is InChI=1S/C19H27NO4/c1-7-9-18(16(21)23-14(3)4)11-12-19(10-8-2,20-13-18)17(22)24-15(5)6/h7-8,11-15H,1-2,9-10H2,3-6H3/t18-,19-/m1/s1. The van der Waals surface area contributed by atoms with Gasteiger partial charge in [-0.1, -0.05) is 18.2 Å². The second kappa shape index (κ2) is 8.08. The number of hydrogen-bond donors (Lipinski definition) is 0. The highest BCUT2D eigenvalue weighted by Gasteiger charge is 2.45. The molecule has 0 unspecified atom stereocenters. The number of aliphatic imine (C=N–C) groups is 1. The Kier molecular flexibility index (Phi) is 6.70. The molecule has 0 aromatic rings. The number of esters is 2. The van der Waals surface area contributed by atoms with Crippen molar-refractivity contribution in [2.75, 3.05) is 0 Å². The molecule has 0 N–H and O–H groups in total. The summed E-state index contributed by atoms with van der Waals surface area (Å²) in [6.45, 7) is 14.5. The highest BCUT2D eigenvalue weighted by Crippen LogP contribution is 2.34. The van der Waals surface area contributed by atoms with Gasteiger partial charge in [-0.05, 0) is 40.2 Å². The Hall–Kier alpha value is -2.17. The van der Waals surface area contributed by atoms with Gasteiger partial charge in [-0.25, -0.2) is 4.79 Å². The molecule has 5 nitrogen and oxygen atoms in total. The monoisotopic (exact) mass is 333 g/mol. The highest BCUT2D eigenvalue weighted by molar-refractivity contribution is 6.01. The van der Waals surface area contributed by atoms with Gasteiger partial charge in [-0.15, -0.1) is 13.2 Å². The van der Waals surface area contributed by atoms with E-state index in [9.17, 15) is 9.59 Å². The molecule has 0 saturated heterocycles. The van der Waals surface area contributed by atoms with Gasteiger partial charge in [0.25, 0.3) is 0 Å². The summed E-state index contributed by atoms with van der Waals surface area (Å²) in [6.07, 6.45) is 8.12. The fourth-order valence-electron chi connectivity index (χ4n) is 2.35. The fraction of sp³-hybridized carbons (Fsp3) is 0.526. The van der Waals surface area contributed by atoms with E-state index in [1.165, 1.54) is 6.21 Å². The molecule has 1 aliphatic heterocycles. The fourth-order valence-corrected chi connectivity index (χ4v) is 2.35. The molecule has 0 bridgehead atoms. The molecular formula is C19H27NO4. The summed E-state index contributed by atoms with van der Waals surface area (Å²) in [4.78, 5) is 29.4. The third kappa shape index (κ3) is 4.43. The molecule has 0 radical (unpaired) electrons. The van der Waals surface area contributed by atoms with Gasteiger partial charge < -0.3 is 9.47 Å². The number of carbonyl (C=O) groups excluding carboxylic acids is 2. The minimum absolute atomic E-state index is 0.244. The summed E-state index contributed by atoms with van der Waals surface area (Å²) in [5.74, 6) is -0.879. The summed E-state index contributed by atoms with van der Waals surface area (Å²) < 4.78 is 10.6. The van der Waals surface area contributed by atoms with Crippen molar-refractivity contribution < 1.29 is 19.1 Å². The maximum absolute atomic E-state index is 12.5. The first-order valence-electron chi connectivity index (χ1n) is 8.12. The van der Waals surface area contributed by atoms with E-state index in [2.05, 4.69) is 18.2 Å². The summed E-state index contributed by atoms with van der Waals surface area (Å²) in [6, 6.07) is 0. The van der Waals surface area contributed by atoms with E-state index in [4.69, 9.17) is 9.47 Å². The molecule has 0 aromatic heterocycles. The predicted molar refractivity (Wildman–Crippen MR) is 94.9 cm³/mol. The Balaban J connectivity index is 3.18. The van der Waals surface area contributed by atoms with Crippen LogP contribution in [0.5, 0.6) is 0 Å². The van der Waals surface area contributed by atoms with Gasteiger partial charge in [0.2, 0.25) is 0 Å².